The van der Waals surface area contributed by atoms with E-state index in [0.29, 0.717) is 17.2 Å². The van der Waals surface area contributed by atoms with Crippen LogP contribution in [-0.2, 0) is 4.79 Å². The van der Waals surface area contributed by atoms with Crippen molar-refractivity contribution in [3.63, 3.8) is 0 Å². The Balaban J connectivity index is 1.80. The molecule has 0 aromatic rings. The van der Waals surface area contributed by atoms with Gasteiger partial charge in [-0.15, -0.1) is 0 Å². The van der Waals surface area contributed by atoms with Gasteiger partial charge in [-0.2, -0.15) is 11.8 Å². The van der Waals surface area contributed by atoms with Crippen molar-refractivity contribution in [2.24, 2.45) is 0 Å². The third kappa shape index (κ3) is 3.16. The first-order valence-corrected chi connectivity index (χ1v) is 7.60. The van der Waals surface area contributed by atoms with Crippen LogP contribution in [0.25, 0.3) is 0 Å². The predicted molar refractivity (Wildman–Crippen MR) is 69.7 cm³/mol. The van der Waals surface area contributed by atoms with Crippen LogP contribution in [0.3, 0.4) is 0 Å². The highest BCUT2D eigenvalue weighted by atomic mass is 32.2. The smallest absolute Gasteiger partial charge is 0.223 e. The standard InChI is InChI=1S/C13H23NOS/c1-3-8-14(11-5-6-11)13(15)9-12-7-4-10(2)16-12/h10-12H,3-9H2,1-2H3. The zero-order valence-electron chi connectivity index (χ0n) is 10.4. The van der Waals surface area contributed by atoms with Crippen molar-refractivity contribution in [3.05, 3.63) is 0 Å². The van der Waals surface area contributed by atoms with Crippen molar-refractivity contribution >= 4 is 17.7 Å². The van der Waals surface area contributed by atoms with E-state index in [4.69, 9.17) is 0 Å². The fourth-order valence-corrected chi connectivity index (χ4v) is 3.93. The lowest BCUT2D eigenvalue weighted by molar-refractivity contribution is -0.131. The summed E-state index contributed by atoms with van der Waals surface area (Å²) < 4.78 is 0. The van der Waals surface area contributed by atoms with E-state index in [1.54, 1.807) is 0 Å². The molecule has 1 aliphatic heterocycles. The van der Waals surface area contributed by atoms with Crippen LogP contribution in [0, 0.1) is 0 Å². The molecule has 3 heteroatoms. The van der Waals surface area contributed by atoms with Crippen LogP contribution in [0.2, 0.25) is 0 Å². The van der Waals surface area contributed by atoms with Crippen molar-refractivity contribution in [1.82, 2.24) is 4.90 Å². The molecule has 0 N–H and O–H groups in total. The number of amides is 1. The lowest BCUT2D eigenvalue weighted by Crippen LogP contribution is -2.35. The van der Waals surface area contributed by atoms with E-state index in [1.807, 2.05) is 11.8 Å². The second-order valence-corrected chi connectivity index (χ2v) is 6.91. The Morgan fingerprint density at radius 2 is 2.06 bits per heavy atom. The summed E-state index contributed by atoms with van der Waals surface area (Å²) in [6, 6.07) is 0.594. The lowest BCUT2D eigenvalue weighted by atomic mass is 10.1. The summed E-state index contributed by atoms with van der Waals surface area (Å²) in [7, 11) is 0. The largest absolute Gasteiger partial charge is 0.340 e. The summed E-state index contributed by atoms with van der Waals surface area (Å²) in [6.07, 6.45) is 6.88. The quantitative estimate of drug-likeness (QED) is 0.737. The molecule has 2 rings (SSSR count). The van der Waals surface area contributed by atoms with E-state index in [9.17, 15) is 4.79 Å². The van der Waals surface area contributed by atoms with E-state index in [-0.39, 0.29) is 0 Å². The van der Waals surface area contributed by atoms with Crippen LogP contribution < -0.4 is 0 Å². The fourth-order valence-electron chi connectivity index (χ4n) is 2.49. The van der Waals surface area contributed by atoms with Crippen molar-refractivity contribution in [2.75, 3.05) is 6.54 Å². The minimum atomic E-state index is 0.413. The fraction of sp³-hybridized carbons (Fsp3) is 0.923. The molecule has 1 aliphatic carbocycles. The predicted octanol–water partition coefficient (Wildman–Crippen LogP) is 3.06. The average molecular weight is 241 g/mol. The summed E-state index contributed by atoms with van der Waals surface area (Å²) in [5, 5.41) is 1.36. The Labute approximate surface area is 103 Å². The van der Waals surface area contributed by atoms with Gasteiger partial charge in [-0.05, 0) is 32.1 Å². The second kappa shape index (κ2) is 5.44. The first-order valence-electron chi connectivity index (χ1n) is 6.65. The molecular formula is C13H23NOS. The van der Waals surface area contributed by atoms with Crippen LogP contribution in [0.5, 0.6) is 0 Å². The van der Waals surface area contributed by atoms with Gasteiger partial charge in [-0.25, -0.2) is 0 Å². The van der Waals surface area contributed by atoms with Gasteiger partial charge in [0.25, 0.3) is 0 Å². The van der Waals surface area contributed by atoms with Gasteiger partial charge in [0.05, 0.1) is 0 Å². The monoisotopic (exact) mass is 241 g/mol. The Bertz CT molecular complexity index is 252. The third-order valence-electron chi connectivity index (χ3n) is 3.49. The zero-order chi connectivity index (χ0) is 11.5. The molecule has 1 saturated heterocycles. The lowest BCUT2D eigenvalue weighted by Gasteiger charge is -2.23. The van der Waals surface area contributed by atoms with Gasteiger partial charge in [0, 0.05) is 29.5 Å². The Morgan fingerprint density at radius 3 is 2.56 bits per heavy atom. The molecule has 2 atom stereocenters. The number of hydrogen-bond donors (Lipinski definition) is 0. The molecule has 92 valence electrons. The van der Waals surface area contributed by atoms with Crippen molar-refractivity contribution in [1.29, 1.82) is 0 Å². The summed E-state index contributed by atoms with van der Waals surface area (Å²) in [4.78, 5) is 14.3. The number of hydrogen-bond acceptors (Lipinski definition) is 2. The minimum Gasteiger partial charge on any atom is -0.340 e. The minimum absolute atomic E-state index is 0.413. The molecule has 0 aromatic heterocycles. The van der Waals surface area contributed by atoms with Gasteiger partial charge < -0.3 is 4.90 Å². The number of carbonyl (C=O) groups is 1. The molecule has 16 heavy (non-hydrogen) atoms. The topological polar surface area (TPSA) is 20.3 Å². The molecule has 1 amide bonds. The van der Waals surface area contributed by atoms with Gasteiger partial charge >= 0.3 is 0 Å². The van der Waals surface area contributed by atoms with Crippen molar-refractivity contribution in [2.45, 2.75) is 68.9 Å². The molecule has 2 nitrogen and oxygen atoms in total. The Hall–Kier alpha value is -0.180. The molecule has 2 fully saturated rings. The number of nitrogens with zero attached hydrogens (tertiary/aromatic N) is 1. The Kier molecular flexibility index (Phi) is 4.17. The maximum Gasteiger partial charge on any atom is 0.223 e. The Morgan fingerprint density at radius 1 is 1.31 bits per heavy atom. The van der Waals surface area contributed by atoms with Crippen LogP contribution >= 0.6 is 11.8 Å². The van der Waals surface area contributed by atoms with Gasteiger partial charge in [0.1, 0.15) is 0 Å². The molecule has 1 saturated carbocycles. The summed E-state index contributed by atoms with van der Waals surface area (Å²) in [5.41, 5.74) is 0. The summed E-state index contributed by atoms with van der Waals surface area (Å²) in [5.74, 6) is 0.413. The number of rotatable bonds is 5. The van der Waals surface area contributed by atoms with E-state index in [2.05, 4.69) is 18.7 Å². The second-order valence-electron chi connectivity index (χ2n) is 5.17. The average Bonchev–Trinajstić information content (AvgIpc) is 3.00. The first-order chi connectivity index (χ1) is 7.70. The normalized spacial score (nSPS) is 29.4. The summed E-state index contributed by atoms with van der Waals surface area (Å²) in [6.45, 7) is 5.41. The number of carbonyl (C=O) groups excluding carboxylic acids is 1. The van der Waals surface area contributed by atoms with Crippen molar-refractivity contribution in [3.8, 4) is 0 Å². The molecule has 0 spiro atoms. The van der Waals surface area contributed by atoms with E-state index >= 15 is 0 Å². The van der Waals surface area contributed by atoms with Crippen molar-refractivity contribution < 1.29 is 4.79 Å². The van der Waals surface area contributed by atoms with Gasteiger partial charge in [-0.1, -0.05) is 13.8 Å². The highest BCUT2D eigenvalue weighted by molar-refractivity contribution is 8.00. The molecular weight excluding hydrogens is 218 g/mol. The maximum absolute atomic E-state index is 12.2. The first kappa shape index (κ1) is 12.3. The molecule has 2 aliphatic rings. The number of thioether (sulfide) groups is 1. The van der Waals surface area contributed by atoms with Crippen LogP contribution in [0.1, 0.15) is 52.4 Å². The van der Waals surface area contributed by atoms with E-state index in [0.717, 1.165) is 24.6 Å². The van der Waals surface area contributed by atoms with Crippen LogP contribution in [0.4, 0.5) is 0 Å². The maximum atomic E-state index is 12.2. The highest BCUT2D eigenvalue weighted by Gasteiger charge is 2.33. The molecule has 1 heterocycles. The molecule has 0 aromatic carbocycles. The van der Waals surface area contributed by atoms with Gasteiger partial charge in [0.2, 0.25) is 5.91 Å². The summed E-state index contributed by atoms with van der Waals surface area (Å²) >= 11 is 2.01. The van der Waals surface area contributed by atoms with Gasteiger partial charge in [-0.3, -0.25) is 4.79 Å². The van der Waals surface area contributed by atoms with Crippen LogP contribution in [-0.4, -0.2) is 33.9 Å². The van der Waals surface area contributed by atoms with Crippen LogP contribution in [0.15, 0.2) is 0 Å². The zero-order valence-corrected chi connectivity index (χ0v) is 11.3. The molecule has 0 bridgehead atoms. The molecule has 2 unspecified atom stereocenters. The SMILES string of the molecule is CCCN(C(=O)CC1CCC(C)S1)C1CC1. The third-order valence-corrected chi connectivity index (χ3v) is 4.98. The highest BCUT2D eigenvalue weighted by Crippen LogP contribution is 2.36. The van der Waals surface area contributed by atoms with E-state index in [1.165, 1.54) is 25.7 Å². The van der Waals surface area contributed by atoms with Gasteiger partial charge in [0.15, 0.2) is 0 Å². The molecule has 0 radical (unpaired) electrons. The van der Waals surface area contributed by atoms with E-state index < -0.39 is 0 Å².